The second kappa shape index (κ2) is 8.83. The molecule has 0 aliphatic carbocycles. The predicted octanol–water partition coefficient (Wildman–Crippen LogP) is 3.59. The molecule has 1 fully saturated rings. The van der Waals surface area contributed by atoms with Crippen molar-refractivity contribution >= 4 is 28.2 Å². The maximum Gasteiger partial charge on any atom is 0.295 e. The minimum absolute atomic E-state index is 0.0804. The molecule has 7 heteroatoms. The third-order valence-electron chi connectivity index (χ3n) is 6.26. The zero-order valence-electron chi connectivity index (χ0n) is 19.2. The fourth-order valence-corrected chi connectivity index (χ4v) is 4.58. The van der Waals surface area contributed by atoms with Crippen molar-refractivity contribution in [2.24, 2.45) is 0 Å². The number of benzene rings is 3. The minimum Gasteiger partial charge on any atom is -0.507 e. The van der Waals surface area contributed by atoms with Crippen molar-refractivity contribution in [3.8, 4) is 11.5 Å². The molecular weight excluding hydrogens is 432 g/mol. The third-order valence-corrected chi connectivity index (χ3v) is 6.26. The van der Waals surface area contributed by atoms with Gasteiger partial charge in [0.1, 0.15) is 19.0 Å². The van der Waals surface area contributed by atoms with E-state index in [2.05, 4.69) is 0 Å². The molecule has 174 valence electrons. The zero-order chi connectivity index (χ0) is 23.8. The second-order valence-electron chi connectivity index (χ2n) is 8.72. The van der Waals surface area contributed by atoms with E-state index in [1.807, 2.05) is 61.5 Å². The fraction of sp³-hybridized carbons (Fsp3) is 0.259. The number of fused-ring (bicyclic) bond motifs is 2. The monoisotopic (exact) mass is 458 g/mol. The van der Waals surface area contributed by atoms with Crippen molar-refractivity contribution in [2.45, 2.75) is 6.04 Å². The van der Waals surface area contributed by atoms with Crippen molar-refractivity contribution in [3.05, 3.63) is 77.4 Å². The summed E-state index contributed by atoms with van der Waals surface area (Å²) in [4.78, 5) is 30.0. The number of nitrogens with zero attached hydrogens (tertiary/aromatic N) is 2. The molecule has 0 saturated carbocycles. The molecule has 7 nitrogen and oxygen atoms in total. The quantitative estimate of drug-likeness (QED) is 0.358. The maximum absolute atomic E-state index is 13.3. The molecule has 0 bridgehead atoms. The Hall–Kier alpha value is -3.84. The van der Waals surface area contributed by atoms with Crippen LogP contribution in [0.4, 0.5) is 0 Å². The fourth-order valence-electron chi connectivity index (χ4n) is 4.58. The topological polar surface area (TPSA) is 79.3 Å². The lowest BCUT2D eigenvalue weighted by atomic mass is 9.91. The molecule has 1 amide bonds. The Kier molecular flexibility index (Phi) is 5.71. The molecule has 1 saturated heterocycles. The van der Waals surface area contributed by atoms with E-state index >= 15 is 0 Å². The maximum atomic E-state index is 13.3. The van der Waals surface area contributed by atoms with Gasteiger partial charge >= 0.3 is 0 Å². The van der Waals surface area contributed by atoms with Gasteiger partial charge in [-0.3, -0.25) is 9.59 Å². The van der Waals surface area contributed by atoms with Gasteiger partial charge in [-0.2, -0.15) is 0 Å². The minimum atomic E-state index is -0.709. The molecule has 5 rings (SSSR count). The highest BCUT2D eigenvalue weighted by atomic mass is 16.6. The largest absolute Gasteiger partial charge is 0.507 e. The van der Waals surface area contributed by atoms with Crippen molar-refractivity contribution in [1.82, 2.24) is 9.80 Å². The molecule has 34 heavy (non-hydrogen) atoms. The highest BCUT2D eigenvalue weighted by Gasteiger charge is 2.46. The molecule has 1 unspecified atom stereocenters. The van der Waals surface area contributed by atoms with Crippen molar-refractivity contribution in [2.75, 3.05) is 40.4 Å². The van der Waals surface area contributed by atoms with E-state index in [-0.39, 0.29) is 11.3 Å². The number of ether oxygens (including phenoxy) is 2. The number of likely N-dealkylation sites (N-methyl/N-ethyl adjacent to an activating group) is 1. The van der Waals surface area contributed by atoms with E-state index in [0.717, 1.165) is 16.3 Å². The lowest BCUT2D eigenvalue weighted by molar-refractivity contribution is -0.140. The van der Waals surface area contributed by atoms with Gasteiger partial charge in [-0.15, -0.1) is 0 Å². The van der Waals surface area contributed by atoms with Gasteiger partial charge < -0.3 is 24.4 Å². The summed E-state index contributed by atoms with van der Waals surface area (Å²) >= 11 is 0. The first-order chi connectivity index (χ1) is 16.5. The first-order valence-electron chi connectivity index (χ1n) is 11.3. The van der Waals surface area contributed by atoms with Gasteiger partial charge in [0.2, 0.25) is 0 Å². The van der Waals surface area contributed by atoms with Gasteiger partial charge in [0.05, 0.1) is 11.6 Å². The standard InChI is InChI=1S/C27H26N2O5/c1-28(2)12-13-29-24(20-9-5-7-17-6-3-4-8-19(17)20)23(26(31)27(29)32)25(30)18-10-11-21-22(16-18)34-15-14-33-21/h3-11,16,24,30H,12-15H2,1-2H3/b25-23-. The number of aliphatic hydroxyl groups is 1. The molecule has 3 aromatic rings. The van der Waals surface area contributed by atoms with Crippen molar-refractivity contribution in [3.63, 3.8) is 0 Å². The van der Waals surface area contributed by atoms with Gasteiger partial charge in [-0.25, -0.2) is 0 Å². The molecule has 2 heterocycles. The van der Waals surface area contributed by atoms with Crippen LogP contribution >= 0.6 is 0 Å². The molecule has 2 aliphatic heterocycles. The first-order valence-corrected chi connectivity index (χ1v) is 11.3. The van der Waals surface area contributed by atoms with E-state index in [1.165, 1.54) is 0 Å². The summed E-state index contributed by atoms with van der Waals surface area (Å²) in [5.74, 6) is -0.442. The number of carbonyl (C=O) groups excluding carboxylic acids is 2. The number of rotatable bonds is 5. The van der Waals surface area contributed by atoms with Crippen LogP contribution in [0.2, 0.25) is 0 Å². The van der Waals surface area contributed by atoms with E-state index in [9.17, 15) is 14.7 Å². The number of amides is 1. The van der Waals surface area contributed by atoms with Crippen molar-refractivity contribution < 1.29 is 24.2 Å². The van der Waals surface area contributed by atoms with Crippen LogP contribution in [0.25, 0.3) is 16.5 Å². The van der Waals surface area contributed by atoms with E-state index < -0.39 is 17.7 Å². The summed E-state index contributed by atoms with van der Waals surface area (Å²) in [6, 6.07) is 18.0. The van der Waals surface area contributed by atoms with E-state index in [4.69, 9.17) is 9.47 Å². The summed E-state index contributed by atoms with van der Waals surface area (Å²) in [5, 5.41) is 13.3. The Labute approximate surface area is 197 Å². The van der Waals surface area contributed by atoms with Gasteiger partial charge in [-0.1, -0.05) is 42.5 Å². The van der Waals surface area contributed by atoms with Crippen molar-refractivity contribution in [1.29, 1.82) is 0 Å². The molecule has 0 aromatic heterocycles. The SMILES string of the molecule is CN(C)CCN1C(=O)C(=O)/C(=C(\O)c2ccc3c(c2)OCCO3)C1c1cccc2ccccc12. The van der Waals surface area contributed by atoms with Crippen LogP contribution in [-0.4, -0.2) is 67.0 Å². The number of Topliss-reactive ketones (excluding diaryl/α,β-unsaturated/α-hetero) is 1. The van der Waals surface area contributed by atoms with Crippen LogP contribution in [-0.2, 0) is 9.59 Å². The predicted molar refractivity (Wildman–Crippen MR) is 129 cm³/mol. The van der Waals surface area contributed by atoms with Gasteiger partial charge in [0.15, 0.2) is 11.5 Å². The lowest BCUT2D eigenvalue weighted by Crippen LogP contribution is -2.35. The highest BCUT2D eigenvalue weighted by Crippen LogP contribution is 2.42. The van der Waals surface area contributed by atoms with E-state index in [0.29, 0.717) is 43.4 Å². The summed E-state index contributed by atoms with van der Waals surface area (Å²) in [6.07, 6.45) is 0. The van der Waals surface area contributed by atoms with Crippen LogP contribution in [0, 0.1) is 0 Å². The highest BCUT2D eigenvalue weighted by molar-refractivity contribution is 6.46. The molecule has 0 radical (unpaired) electrons. The van der Waals surface area contributed by atoms with Gasteiger partial charge in [-0.05, 0) is 48.6 Å². The second-order valence-corrected chi connectivity index (χ2v) is 8.72. The Morgan fingerprint density at radius 1 is 1.00 bits per heavy atom. The Balaban J connectivity index is 1.69. The lowest BCUT2D eigenvalue weighted by Gasteiger charge is -2.27. The molecule has 0 spiro atoms. The molecular formula is C27H26N2O5. The smallest absolute Gasteiger partial charge is 0.295 e. The molecule has 1 atom stereocenters. The van der Waals surface area contributed by atoms with Gasteiger partial charge in [0, 0.05) is 18.7 Å². The number of carbonyl (C=O) groups is 2. The van der Waals surface area contributed by atoms with Crippen LogP contribution in [0.5, 0.6) is 11.5 Å². The molecule has 1 N–H and O–H groups in total. The summed E-state index contributed by atoms with van der Waals surface area (Å²) in [5.41, 5.74) is 1.28. The molecule has 3 aromatic carbocycles. The number of likely N-dealkylation sites (tertiary alicyclic amines) is 1. The van der Waals surface area contributed by atoms with Crippen LogP contribution in [0.3, 0.4) is 0 Å². The molecule has 2 aliphatic rings. The summed E-state index contributed by atoms with van der Waals surface area (Å²) in [6.45, 7) is 1.79. The number of ketones is 1. The average Bonchev–Trinajstić information content (AvgIpc) is 3.11. The zero-order valence-corrected chi connectivity index (χ0v) is 19.2. The van der Waals surface area contributed by atoms with Gasteiger partial charge in [0.25, 0.3) is 11.7 Å². The Morgan fingerprint density at radius 2 is 1.74 bits per heavy atom. The third kappa shape index (κ3) is 3.78. The summed E-state index contributed by atoms with van der Waals surface area (Å²) in [7, 11) is 3.83. The van der Waals surface area contributed by atoms with Crippen LogP contribution < -0.4 is 9.47 Å². The Bertz CT molecular complexity index is 1310. The first kappa shape index (κ1) is 22.0. The average molecular weight is 459 g/mol. The number of aliphatic hydroxyl groups excluding tert-OH is 1. The van der Waals surface area contributed by atoms with E-state index in [1.54, 1.807) is 23.1 Å². The van der Waals surface area contributed by atoms with Crippen LogP contribution in [0.1, 0.15) is 17.2 Å². The summed E-state index contributed by atoms with van der Waals surface area (Å²) < 4.78 is 11.2. The normalized spacial score (nSPS) is 19.3. The Morgan fingerprint density at radius 3 is 2.53 bits per heavy atom. The number of hydrogen-bond acceptors (Lipinski definition) is 6. The van der Waals surface area contributed by atoms with Crippen LogP contribution in [0.15, 0.2) is 66.2 Å². The number of hydrogen-bond donors (Lipinski definition) is 1.